The van der Waals surface area contributed by atoms with Gasteiger partial charge in [0.1, 0.15) is 12.7 Å². The van der Waals surface area contributed by atoms with Gasteiger partial charge >= 0.3 is 11.9 Å². The zero-order valence-electron chi connectivity index (χ0n) is 21.0. The van der Waals surface area contributed by atoms with Gasteiger partial charge in [0.2, 0.25) is 0 Å². The molecule has 180 valence electrons. The molecule has 0 N–H and O–H groups in total. The highest BCUT2D eigenvalue weighted by Crippen LogP contribution is 2.63. The van der Waals surface area contributed by atoms with Gasteiger partial charge in [0.25, 0.3) is 0 Å². The molecule has 0 saturated heterocycles. The maximum absolute atomic E-state index is 12.7. The van der Waals surface area contributed by atoms with Crippen LogP contribution in [0.1, 0.15) is 80.1 Å². The number of carbonyl (C=O) groups is 3. The molecule has 0 heterocycles. The van der Waals surface area contributed by atoms with Gasteiger partial charge in [-0.15, -0.1) is 0 Å². The van der Waals surface area contributed by atoms with Gasteiger partial charge in [-0.05, 0) is 88.4 Å². The van der Waals surface area contributed by atoms with E-state index in [9.17, 15) is 14.4 Å². The minimum atomic E-state index is -0.559. The van der Waals surface area contributed by atoms with E-state index in [1.54, 1.807) is 0 Å². The van der Waals surface area contributed by atoms with Crippen molar-refractivity contribution in [1.29, 1.82) is 0 Å². The van der Waals surface area contributed by atoms with Crippen LogP contribution in [0.25, 0.3) is 0 Å². The molecule has 4 aliphatic rings. The Morgan fingerprint density at radius 3 is 2.55 bits per heavy atom. The van der Waals surface area contributed by atoms with Crippen LogP contribution in [0.15, 0.2) is 34.9 Å². The lowest BCUT2D eigenvalue weighted by Crippen LogP contribution is -2.46. The smallest absolute Gasteiger partial charge is 0.311 e. The largest absolute Gasteiger partial charge is 0.465 e. The predicted octanol–water partition coefficient (Wildman–Crippen LogP) is 5.50. The van der Waals surface area contributed by atoms with Crippen LogP contribution in [0.4, 0.5) is 0 Å². The first-order valence-electron chi connectivity index (χ1n) is 12.4. The van der Waals surface area contributed by atoms with E-state index in [0.717, 1.165) is 37.7 Å². The lowest BCUT2D eigenvalue weighted by atomic mass is 9.53. The van der Waals surface area contributed by atoms with Gasteiger partial charge < -0.3 is 9.47 Å². The summed E-state index contributed by atoms with van der Waals surface area (Å²) in [6.45, 7) is 11.7. The van der Waals surface area contributed by atoms with Crippen molar-refractivity contribution in [3.8, 4) is 0 Å². The molecule has 5 heteroatoms. The molecule has 0 unspecified atom stereocenters. The average molecular weight is 455 g/mol. The molecule has 1 saturated carbocycles. The van der Waals surface area contributed by atoms with Crippen LogP contribution >= 0.6 is 0 Å². The zero-order valence-corrected chi connectivity index (χ0v) is 21.0. The van der Waals surface area contributed by atoms with Crippen molar-refractivity contribution in [2.24, 2.45) is 28.1 Å². The fourth-order valence-electron chi connectivity index (χ4n) is 6.80. The van der Waals surface area contributed by atoms with Crippen molar-refractivity contribution < 1.29 is 23.9 Å². The summed E-state index contributed by atoms with van der Waals surface area (Å²) in [7, 11) is 0. The molecule has 0 aromatic heterocycles. The maximum Gasteiger partial charge on any atom is 0.311 e. The normalized spacial score (nSPS) is 34.1. The number of fused-ring (bicyclic) bond motifs is 4. The monoisotopic (exact) mass is 454 g/mol. The summed E-state index contributed by atoms with van der Waals surface area (Å²) in [5.41, 5.74) is 3.00. The molecule has 5 atom stereocenters. The maximum atomic E-state index is 12.7. The Kier molecular flexibility index (Phi) is 5.99. The molecular formula is C28H38O5. The number of esters is 2. The Hall–Kier alpha value is -2.17. The molecule has 0 spiro atoms. The second kappa shape index (κ2) is 8.25. The van der Waals surface area contributed by atoms with Crippen molar-refractivity contribution >= 4 is 17.7 Å². The highest BCUT2D eigenvalue weighted by molar-refractivity contribution is 5.92. The molecular weight excluding hydrogens is 416 g/mol. The SMILES string of the molecule is CC(=O)OC[C@]12CC[C@H]3C(=C1CC[C@@H]2[C@H](C)OC(=O)C(C)(C)C)C=CC1=CC(=O)CC[C@@]13C. The molecule has 4 aliphatic carbocycles. The van der Waals surface area contributed by atoms with Crippen molar-refractivity contribution in [2.75, 3.05) is 6.61 Å². The van der Waals surface area contributed by atoms with Gasteiger partial charge in [0.15, 0.2) is 5.78 Å². The molecule has 0 bridgehead atoms. The molecule has 1 fully saturated rings. The zero-order chi connectivity index (χ0) is 24.2. The van der Waals surface area contributed by atoms with Gasteiger partial charge in [-0.3, -0.25) is 14.4 Å². The fourth-order valence-corrected chi connectivity index (χ4v) is 6.80. The van der Waals surface area contributed by atoms with Crippen molar-refractivity contribution in [3.63, 3.8) is 0 Å². The van der Waals surface area contributed by atoms with Gasteiger partial charge in [-0.25, -0.2) is 0 Å². The summed E-state index contributed by atoms with van der Waals surface area (Å²) in [4.78, 5) is 36.6. The minimum absolute atomic E-state index is 0.0268. The number of ether oxygens (including phenoxy) is 2. The molecule has 0 aromatic carbocycles. The van der Waals surface area contributed by atoms with Crippen LogP contribution in [0.3, 0.4) is 0 Å². The fraction of sp³-hybridized carbons (Fsp3) is 0.679. The lowest BCUT2D eigenvalue weighted by Gasteiger charge is -2.51. The molecule has 0 aliphatic heterocycles. The Labute approximate surface area is 197 Å². The van der Waals surface area contributed by atoms with Crippen LogP contribution in [-0.2, 0) is 23.9 Å². The quantitative estimate of drug-likeness (QED) is 0.525. The topological polar surface area (TPSA) is 69.7 Å². The van der Waals surface area contributed by atoms with Gasteiger partial charge in [0, 0.05) is 24.7 Å². The molecule has 4 rings (SSSR count). The summed E-state index contributed by atoms with van der Waals surface area (Å²) in [5.74, 6) is 0.229. The summed E-state index contributed by atoms with van der Waals surface area (Å²) >= 11 is 0. The van der Waals surface area contributed by atoms with Crippen LogP contribution in [0.2, 0.25) is 0 Å². The van der Waals surface area contributed by atoms with E-state index in [1.807, 2.05) is 33.8 Å². The molecule has 0 aromatic rings. The third-order valence-electron chi connectivity index (χ3n) is 8.70. The van der Waals surface area contributed by atoms with Crippen molar-refractivity contribution in [3.05, 3.63) is 34.9 Å². The van der Waals surface area contributed by atoms with Crippen molar-refractivity contribution in [2.45, 2.75) is 86.2 Å². The highest BCUT2D eigenvalue weighted by Gasteiger charge is 2.56. The molecule has 5 nitrogen and oxygen atoms in total. The van der Waals surface area contributed by atoms with E-state index in [4.69, 9.17) is 9.47 Å². The Morgan fingerprint density at radius 1 is 1.15 bits per heavy atom. The van der Waals surface area contributed by atoms with Crippen LogP contribution in [-0.4, -0.2) is 30.4 Å². The molecule has 33 heavy (non-hydrogen) atoms. The lowest BCUT2D eigenvalue weighted by molar-refractivity contribution is -0.165. The Bertz CT molecular complexity index is 961. The molecule has 0 amide bonds. The molecule has 0 radical (unpaired) electrons. The number of allylic oxidation sites excluding steroid dienone is 5. The minimum Gasteiger partial charge on any atom is -0.465 e. The average Bonchev–Trinajstić information content (AvgIpc) is 3.12. The number of hydrogen-bond acceptors (Lipinski definition) is 5. The van der Waals surface area contributed by atoms with E-state index in [-0.39, 0.29) is 40.6 Å². The number of carbonyl (C=O) groups excluding carboxylic acids is 3. The first-order valence-corrected chi connectivity index (χ1v) is 12.4. The second-order valence-corrected chi connectivity index (χ2v) is 11.8. The Morgan fingerprint density at radius 2 is 1.88 bits per heavy atom. The third kappa shape index (κ3) is 4.02. The van der Waals surface area contributed by atoms with Gasteiger partial charge in [0.05, 0.1) is 5.41 Å². The standard InChI is InChI=1S/C28H38O5/c1-17(33-25(31)26(3,4)5)22-9-10-24-21-8-7-19-15-20(30)11-13-27(19,6)23(21)12-14-28(22,24)16-32-18(2)29/h7-8,15,17,22-23H,9-14,16H2,1-6H3/t17-,22+,23-,27-,28-/m0/s1. The summed E-state index contributed by atoms with van der Waals surface area (Å²) in [5, 5.41) is 0. The number of ketones is 1. The summed E-state index contributed by atoms with van der Waals surface area (Å²) < 4.78 is 11.6. The van der Waals surface area contributed by atoms with E-state index < -0.39 is 5.41 Å². The van der Waals surface area contributed by atoms with Crippen LogP contribution < -0.4 is 0 Å². The van der Waals surface area contributed by atoms with E-state index >= 15 is 0 Å². The van der Waals surface area contributed by atoms with Crippen LogP contribution in [0, 0.1) is 28.1 Å². The second-order valence-electron chi connectivity index (χ2n) is 11.8. The number of hydrogen-bond donors (Lipinski definition) is 0. The first kappa shape index (κ1) is 24.0. The van der Waals surface area contributed by atoms with Gasteiger partial charge in [-0.2, -0.15) is 0 Å². The summed E-state index contributed by atoms with van der Waals surface area (Å²) in [6, 6.07) is 0. The first-order chi connectivity index (χ1) is 15.4. The highest BCUT2D eigenvalue weighted by atomic mass is 16.5. The van der Waals surface area contributed by atoms with Crippen molar-refractivity contribution in [1.82, 2.24) is 0 Å². The third-order valence-corrected chi connectivity index (χ3v) is 8.70. The van der Waals surface area contributed by atoms with E-state index in [1.165, 1.54) is 18.1 Å². The van der Waals surface area contributed by atoms with Gasteiger partial charge in [-0.1, -0.05) is 24.6 Å². The number of rotatable bonds is 4. The van der Waals surface area contributed by atoms with Crippen LogP contribution in [0.5, 0.6) is 0 Å². The predicted molar refractivity (Wildman–Crippen MR) is 126 cm³/mol. The summed E-state index contributed by atoms with van der Waals surface area (Å²) in [6.07, 6.45) is 11.1. The van der Waals surface area contributed by atoms with E-state index in [2.05, 4.69) is 19.1 Å². The van der Waals surface area contributed by atoms with E-state index in [0.29, 0.717) is 18.9 Å². The Balaban J connectivity index is 1.74.